The number of nitrogens with one attached hydrogen (secondary N) is 1. The van der Waals surface area contributed by atoms with E-state index in [9.17, 15) is 17.6 Å². The number of hydrogen-bond acceptors (Lipinski definition) is 3. The Morgan fingerprint density at radius 3 is 2.39 bits per heavy atom. The van der Waals surface area contributed by atoms with Gasteiger partial charge in [0.1, 0.15) is 5.82 Å². The molecule has 0 aliphatic rings. The molecule has 2 aromatic carbocycles. The summed E-state index contributed by atoms with van der Waals surface area (Å²) >= 11 is 0. The SMILES string of the molecule is Cc1ccc(NS(=O)(=O)c2ccc(CCC(=O)O)cc2)cc1F. The molecular weight excluding hydrogens is 321 g/mol. The van der Waals surface area contributed by atoms with Crippen molar-refractivity contribution in [3.05, 3.63) is 59.4 Å². The smallest absolute Gasteiger partial charge is 0.303 e. The lowest BCUT2D eigenvalue weighted by molar-refractivity contribution is -0.136. The highest BCUT2D eigenvalue weighted by atomic mass is 32.2. The maximum Gasteiger partial charge on any atom is 0.303 e. The molecule has 0 radical (unpaired) electrons. The van der Waals surface area contributed by atoms with Crippen LogP contribution in [0.4, 0.5) is 10.1 Å². The van der Waals surface area contributed by atoms with E-state index in [1.807, 2.05) is 0 Å². The molecular formula is C16H16FNO4S. The van der Waals surface area contributed by atoms with E-state index >= 15 is 0 Å². The van der Waals surface area contributed by atoms with E-state index < -0.39 is 21.8 Å². The lowest BCUT2D eigenvalue weighted by atomic mass is 10.1. The zero-order valence-corrected chi connectivity index (χ0v) is 13.2. The van der Waals surface area contributed by atoms with Crippen LogP contribution in [-0.2, 0) is 21.2 Å². The molecule has 0 aromatic heterocycles. The topological polar surface area (TPSA) is 83.5 Å². The Hall–Kier alpha value is -2.41. The van der Waals surface area contributed by atoms with Crippen molar-refractivity contribution < 1.29 is 22.7 Å². The van der Waals surface area contributed by atoms with Crippen LogP contribution >= 0.6 is 0 Å². The number of sulfonamides is 1. The fraction of sp³-hybridized carbons (Fsp3) is 0.188. The van der Waals surface area contributed by atoms with E-state index in [4.69, 9.17) is 5.11 Å². The zero-order chi connectivity index (χ0) is 17.0. The largest absolute Gasteiger partial charge is 0.481 e. The molecule has 5 nitrogen and oxygen atoms in total. The Morgan fingerprint density at radius 2 is 1.83 bits per heavy atom. The van der Waals surface area contributed by atoms with Gasteiger partial charge in [0.05, 0.1) is 10.6 Å². The van der Waals surface area contributed by atoms with E-state index in [-0.39, 0.29) is 17.0 Å². The predicted octanol–water partition coefficient (Wildman–Crippen LogP) is 2.95. The maximum absolute atomic E-state index is 13.5. The van der Waals surface area contributed by atoms with Gasteiger partial charge in [-0.25, -0.2) is 12.8 Å². The first kappa shape index (κ1) is 17.0. The minimum atomic E-state index is -3.82. The van der Waals surface area contributed by atoms with Gasteiger partial charge in [-0.15, -0.1) is 0 Å². The van der Waals surface area contributed by atoms with Gasteiger partial charge in [0, 0.05) is 6.42 Å². The molecule has 0 amide bonds. The Labute approximate surface area is 133 Å². The number of carboxylic acid groups (broad SMARTS) is 1. The van der Waals surface area contributed by atoms with E-state index in [0.717, 1.165) is 11.6 Å². The summed E-state index contributed by atoms with van der Waals surface area (Å²) in [6.45, 7) is 1.59. The third kappa shape index (κ3) is 4.53. The van der Waals surface area contributed by atoms with Gasteiger partial charge in [-0.2, -0.15) is 0 Å². The number of carbonyl (C=O) groups is 1. The van der Waals surface area contributed by atoms with Crippen molar-refractivity contribution in [2.45, 2.75) is 24.7 Å². The molecule has 2 rings (SSSR count). The van der Waals surface area contributed by atoms with Crippen LogP contribution in [0, 0.1) is 12.7 Å². The quantitative estimate of drug-likeness (QED) is 0.849. The molecule has 2 aromatic rings. The minimum Gasteiger partial charge on any atom is -0.481 e. The summed E-state index contributed by atoms with van der Waals surface area (Å²) in [7, 11) is -3.82. The fourth-order valence-corrected chi connectivity index (χ4v) is 3.01. The van der Waals surface area contributed by atoms with Crippen molar-refractivity contribution >= 4 is 21.7 Å². The van der Waals surface area contributed by atoms with Crippen molar-refractivity contribution in [1.82, 2.24) is 0 Å². The highest BCUT2D eigenvalue weighted by molar-refractivity contribution is 7.92. The first-order valence-electron chi connectivity index (χ1n) is 6.87. The molecule has 0 unspecified atom stereocenters. The molecule has 0 bridgehead atoms. The molecule has 0 aliphatic carbocycles. The van der Waals surface area contributed by atoms with Crippen molar-refractivity contribution in [3.63, 3.8) is 0 Å². The van der Waals surface area contributed by atoms with Crippen LogP contribution in [0.25, 0.3) is 0 Å². The van der Waals surface area contributed by atoms with Gasteiger partial charge < -0.3 is 5.11 Å². The number of halogens is 1. The fourth-order valence-electron chi connectivity index (χ4n) is 1.96. The number of aryl methyl sites for hydroxylation is 2. The molecule has 7 heteroatoms. The second-order valence-corrected chi connectivity index (χ2v) is 6.79. The average molecular weight is 337 g/mol. The predicted molar refractivity (Wildman–Crippen MR) is 84.3 cm³/mol. The Kier molecular flexibility index (Phi) is 5.00. The highest BCUT2D eigenvalue weighted by Gasteiger charge is 2.14. The van der Waals surface area contributed by atoms with Gasteiger partial charge in [0.15, 0.2) is 0 Å². The van der Waals surface area contributed by atoms with Gasteiger partial charge in [-0.1, -0.05) is 18.2 Å². The molecule has 0 aliphatic heterocycles. The summed E-state index contributed by atoms with van der Waals surface area (Å²) in [5.41, 5.74) is 1.30. The maximum atomic E-state index is 13.5. The van der Waals surface area contributed by atoms with Crippen molar-refractivity contribution in [2.24, 2.45) is 0 Å². The van der Waals surface area contributed by atoms with Gasteiger partial charge in [-0.3, -0.25) is 9.52 Å². The first-order chi connectivity index (χ1) is 10.8. The van der Waals surface area contributed by atoms with E-state index in [2.05, 4.69) is 4.72 Å². The third-order valence-electron chi connectivity index (χ3n) is 3.29. The molecule has 0 heterocycles. The second kappa shape index (κ2) is 6.78. The number of hydrogen-bond donors (Lipinski definition) is 2. The number of benzene rings is 2. The Balaban J connectivity index is 2.15. The van der Waals surface area contributed by atoms with Crippen molar-refractivity contribution in [2.75, 3.05) is 4.72 Å². The van der Waals surface area contributed by atoms with E-state index in [1.165, 1.54) is 24.3 Å². The van der Waals surface area contributed by atoms with Crippen LogP contribution in [0.2, 0.25) is 0 Å². The van der Waals surface area contributed by atoms with Crippen LogP contribution < -0.4 is 4.72 Å². The Morgan fingerprint density at radius 1 is 1.17 bits per heavy atom. The zero-order valence-electron chi connectivity index (χ0n) is 12.4. The normalized spacial score (nSPS) is 11.2. The summed E-state index contributed by atoms with van der Waals surface area (Å²) < 4.78 is 40.3. The standard InChI is InChI=1S/C16H16FNO4S/c1-11-2-6-13(10-15(11)17)18-23(21,22)14-7-3-12(4-8-14)5-9-16(19)20/h2-4,6-8,10,18H,5,9H2,1H3,(H,19,20). The van der Waals surface area contributed by atoms with Crippen LogP contribution in [0.3, 0.4) is 0 Å². The molecule has 0 saturated carbocycles. The monoisotopic (exact) mass is 337 g/mol. The molecule has 0 saturated heterocycles. The van der Waals surface area contributed by atoms with Crippen molar-refractivity contribution in [1.29, 1.82) is 0 Å². The van der Waals surface area contributed by atoms with Crippen LogP contribution in [0.1, 0.15) is 17.5 Å². The number of anilines is 1. The molecule has 0 fully saturated rings. The van der Waals surface area contributed by atoms with E-state index in [0.29, 0.717) is 12.0 Å². The van der Waals surface area contributed by atoms with Gasteiger partial charge in [0.25, 0.3) is 10.0 Å². The number of carboxylic acids is 1. The number of rotatable bonds is 6. The second-order valence-electron chi connectivity index (χ2n) is 5.11. The van der Waals surface area contributed by atoms with Crippen LogP contribution in [0.5, 0.6) is 0 Å². The van der Waals surface area contributed by atoms with Gasteiger partial charge in [-0.05, 0) is 48.7 Å². The summed E-state index contributed by atoms with van der Waals surface area (Å²) in [6.07, 6.45) is 0.305. The first-order valence-corrected chi connectivity index (χ1v) is 8.36. The number of aliphatic carboxylic acids is 1. The average Bonchev–Trinajstić information content (AvgIpc) is 2.49. The highest BCUT2D eigenvalue weighted by Crippen LogP contribution is 2.19. The van der Waals surface area contributed by atoms with E-state index in [1.54, 1.807) is 19.1 Å². The summed E-state index contributed by atoms with van der Waals surface area (Å²) in [4.78, 5) is 10.5. The third-order valence-corrected chi connectivity index (χ3v) is 4.68. The minimum absolute atomic E-state index is 0.0208. The molecule has 23 heavy (non-hydrogen) atoms. The van der Waals surface area contributed by atoms with Gasteiger partial charge in [0.2, 0.25) is 0 Å². The lowest BCUT2D eigenvalue weighted by Crippen LogP contribution is -2.13. The Bertz CT molecular complexity index is 816. The molecule has 0 spiro atoms. The van der Waals surface area contributed by atoms with Crippen LogP contribution in [-0.4, -0.2) is 19.5 Å². The molecule has 122 valence electrons. The summed E-state index contributed by atoms with van der Waals surface area (Å²) in [6, 6.07) is 10.0. The summed E-state index contributed by atoms with van der Waals surface area (Å²) in [5.74, 6) is -1.40. The molecule has 2 N–H and O–H groups in total. The van der Waals surface area contributed by atoms with Crippen LogP contribution in [0.15, 0.2) is 47.4 Å². The van der Waals surface area contributed by atoms with Gasteiger partial charge >= 0.3 is 5.97 Å². The summed E-state index contributed by atoms with van der Waals surface area (Å²) in [5, 5.41) is 8.63. The van der Waals surface area contributed by atoms with Crippen molar-refractivity contribution in [3.8, 4) is 0 Å². The molecule has 0 atom stereocenters. The lowest BCUT2D eigenvalue weighted by Gasteiger charge is -2.09.